The Morgan fingerprint density at radius 2 is 2.24 bits per heavy atom. The first kappa shape index (κ1) is 12.5. The number of nitrogens with one attached hydrogen (secondary N) is 1. The summed E-state index contributed by atoms with van der Waals surface area (Å²) in [7, 11) is 0. The maximum absolute atomic E-state index is 11.8. The summed E-state index contributed by atoms with van der Waals surface area (Å²) in [5.41, 5.74) is 5.87. The number of nitrogens with two attached hydrogens (primary N) is 1. The number of carbonyl (C=O) groups is 1. The molecule has 0 unspecified atom stereocenters. The second-order valence-corrected chi connectivity index (χ2v) is 5.61. The Morgan fingerprint density at radius 1 is 1.47 bits per heavy atom. The van der Waals surface area contributed by atoms with Gasteiger partial charge >= 0.3 is 0 Å². The SMILES string of the molecule is Nc1nnc(NC(=O)c2ccc(I)c(Cl)c2)s1. The van der Waals surface area contributed by atoms with Crippen molar-refractivity contribution in [2.45, 2.75) is 0 Å². The molecular formula is C9H6ClIN4OS. The van der Waals surface area contributed by atoms with Crippen molar-refractivity contribution in [3.8, 4) is 0 Å². The van der Waals surface area contributed by atoms with Gasteiger partial charge in [-0.1, -0.05) is 22.9 Å². The van der Waals surface area contributed by atoms with E-state index in [0.29, 0.717) is 20.8 Å². The lowest BCUT2D eigenvalue weighted by molar-refractivity contribution is 0.102. The Labute approximate surface area is 120 Å². The van der Waals surface area contributed by atoms with Crippen molar-refractivity contribution in [3.63, 3.8) is 0 Å². The van der Waals surface area contributed by atoms with Crippen LogP contribution in [0.15, 0.2) is 18.2 Å². The van der Waals surface area contributed by atoms with Crippen LogP contribution in [-0.4, -0.2) is 16.1 Å². The molecule has 8 heteroatoms. The average Bonchev–Trinajstić information content (AvgIpc) is 2.68. The molecule has 0 aliphatic heterocycles. The van der Waals surface area contributed by atoms with Gasteiger partial charge in [-0.05, 0) is 40.8 Å². The molecule has 0 saturated heterocycles. The summed E-state index contributed by atoms with van der Waals surface area (Å²) in [6, 6.07) is 5.06. The molecule has 0 atom stereocenters. The lowest BCUT2D eigenvalue weighted by atomic mass is 10.2. The van der Waals surface area contributed by atoms with Gasteiger partial charge in [-0.3, -0.25) is 10.1 Å². The van der Waals surface area contributed by atoms with E-state index < -0.39 is 0 Å². The van der Waals surface area contributed by atoms with E-state index in [1.54, 1.807) is 18.2 Å². The summed E-state index contributed by atoms with van der Waals surface area (Å²) in [6.07, 6.45) is 0. The van der Waals surface area contributed by atoms with Crippen LogP contribution < -0.4 is 11.1 Å². The molecular weight excluding hydrogens is 375 g/mol. The van der Waals surface area contributed by atoms with Crippen LogP contribution in [-0.2, 0) is 0 Å². The van der Waals surface area contributed by atoms with E-state index >= 15 is 0 Å². The highest BCUT2D eigenvalue weighted by Crippen LogP contribution is 2.21. The summed E-state index contributed by atoms with van der Waals surface area (Å²) in [6.45, 7) is 0. The van der Waals surface area contributed by atoms with Crippen LogP contribution in [0, 0.1) is 3.57 Å². The Morgan fingerprint density at radius 3 is 2.82 bits per heavy atom. The quantitative estimate of drug-likeness (QED) is 0.785. The van der Waals surface area contributed by atoms with Crippen LogP contribution in [0.25, 0.3) is 0 Å². The topological polar surface area (TPSA) is 80.9 Å². The Hall–Kier alpha value is -0.930. The summed E-state index contributed by atoms with van der Waals surface area (Å²) < 4.78 is 0.890. The summed E-state index contributed by atoms with van der Waals surface area (Å²) >= 11 is 9.13. The first-order valence-electron chi connectivity index (χ1n) is 4.41. The van der Waals surface area contributed by atoms with E-state index in [0.717, 1.165) is 14.9 Å². The monoisotopic (exact) mass is 380 g/mol. The van der Waals surface area contributed by atoms with Crippen molar-refractivity contribution in [1.82, 2.24) is 10.2 Å². The Balaban J connectivity index is 2.17. The van der Waals surface area contributed by atoms with Crippen LogP contribution in [0.2, 0.25) is 5.02 Å². The van der Waals surface area contributed by atoms with Gasteiger partial charge in [0.1, 0.15) is 0 Å². The van der Waals surface area contributed by atoms with E-state index in [9.17, 15) is 4.79 Å². The predicted molar refractivity (Wildman–Crippen MR) is 76.4 cm³/mol. The average molecular weight is 381 g/mol. The second-order valence-electron chi connectivity index (χ2n) is 3.03. The normalized spacial score (nSPS) is 10.2. The number of hydrogen-bond acceptors (Lipinski definition) is 5. The third kappa shape index (κ3) is 3.05. The number of rotatable bonds is 2. The number of halogens is 2. The largest absolute Gasteiger partial charge is 0.374 e. The summed E-state index contributed by atoms with van der Waals surface area (Å²) in [5, 5.41) is 11.1. The Bertz CT molecular complexity index is 574. The number of carbonyl (C=O) groups excluding carboxylic acids is 1. The molecule has 0 saturated carbocycles. The van der Waals surface area contributed by atoms with Crippen LogP contribution in [0.5, 0.6) is 0 Å². The lowest BCUT2D eigenvalue weighted by Crippen LogP contribution is -2.11. The third-order valence-corrected chi connectivity index (χ3v) is 4.08. The molecule has 88 valence electrons. The molecule has 1 aromatic carbocycles. The molecule has 1 aromatic heterocycles. The first-order valence-corrected chi connectivity index (χ1v) is 6.69. The van der Waals surface area contributed by atoms with Crippen molar-refractivity contribution in [2.24, 2.45) is 0 Å². The molecule has 1 amide bonds. The number of amides is 1. The third-order valence-electron chi connectivity index (χ3n) is 1.84. The lowest BCUT2D eigenvalue weighted by Gasteiger charge is -2.02. The van der Waals surface area contributed by atoms with E-state index in [-0.39, 0.29) is 5.91 Å². The fourth-order valence-electron chi connectivity index (χ4n) is 1.09. The van der Waals surface area contributed by atoms with Gasteiger partial charge in [0.15, 0.2) is 0 Å². The van der Waals surface area contributed by atoms with E-state index in [2.05, 4.69) is 38.1 Å². The van der Waals surface area contributed by atoms with Gasteiger partial charge in [0, 0.05) is 9.13 Å². The minimum absolute atomic E-state index is 0.292. The van der Waals surface area contributed by atoms with Crippen LogP contribution in [0.3, 0.4) is 0 Å². The predicted octanol–water partition coefficient (Wildman–Crippen LogP) is 2.63. The van der Waals surface area contributed by atoms with Gasteiger partial charge in [-0.2, -0.15) is 0 Å². The highest BCUT2D eigenvalue weighted by Gasteiger charge is 2.10. The highest BCUT2D eigenvalue weighted by molar-refractivity contribution is 14.1. The second kappa shape index (κ2) is 5.15. The van der Waals surface area contributed by atoms with E-state index in [1.165, 1.54) is 0 Å². The molecule has 2 aromatic rings. The van der Waals surface area contributed by atoms with Crippen molar-refractivity contribution >= 4 is 61.7 Å². The fourth-order valence-corrected chi connectivity index (χ4v) is 2.11. The number of hydrogen-bond donors (Lipinski definition) is 2. The molecule has 0 radical (unpaired) electrons. The molecule has 0 aliphatic rings. The number of anilines is 2. The van der Waals surface area contributed by atoms with Gasteiger partial charge in [0.05, 0.1) is 5.02 Å². The van der Waals surface area contributed by atoms with Gasteiger partial charge in [-0.15, -0.1) is 10.2 Å². The van der Waals surface area contributed by atoms with Crippen molar-refractivity contribution < 1.29 is 4.79 Å². The van der Waals surface area contributed by atoms with Gasteiger partial charge in [-0.25, -0.2) is 0 Å². The fraction of sp³-hybridized carbons (Fsp3) is 0. The van der Waals surface area contributed by atoms with Crippen LogP contribution in [0.4, 0.5) is 10.3 Å². The molecule has 0 fully saturated rings. The zero-order valence-corrected chi connectivity index (χ0v) is 12.0. The molecule has 5 nitrogen and oxygen atoms in total. The smallest absolute Gasteiger partial charge is 0.257 e. The van der Waals surface area contributed by atoms with Crippen LogP contribution >= 0.6 is 45.5 Å². The van der Waals surface area contributed by atoms with Crippen molar-refractivity contribution in [1.29, 1.82) is 0 Å². The maximum Gasteiger partial charge on any atom is 0.257 e. The number of nitrogen functional groups attached to an aromatic ring is 1. The molecule has 17 heavy (non-hydrogen) atoms. The molecule has 2 rings (SSSR count). The standard InChI is InChI=1S/C9H6ClIN4OS/c10-5-3-4(1-2-6(5)11)7(16)13-9-15-14-8(12)17-9/h1-3H,(H2,12,14)(H,13,15,16). The highest BCUT2D eigenvalue weighted by atomic mass is 127. The van der Waals surface area contributed by atoms with E-state index in [4.69, 9.17) is 17.3 Å². The number of aromatic nitrogens is 2. The summed E-state index contributed by atoms with van der Waals surface area (Å²) in [5.74, 6) is -0.292. The first-order chi connectivity index (χ1) is 8.06. The van der Waals surface area contributed by atoms with Crippen LogP contribution in [0.1, 0.15) is 10.4 Å². The number of nitrogens with zero attached hydrogens (tertiary/aromatic N) is 2. The maximum atomic E-state index is 11.8. The van der Waals surface area contributed by atoms with Gasteiger partial charge < -0.3 is 5.73 Å². The number of benzene rings is 1. The zero-order valence-electron chi connectivity index (χ0n) is 8.28. The Kier molecular flexibility index (Phi) is 3.79. The molecule has 0 spiro atoms. The zero-order chi connectivity index (χ0) is 12.4. The summed E-state index contributed by atoms with van der Waals surface area (Å²) in [4.78, 5) is 11.8. The molecule has 1 heterocycles. The minimum atomic E-state index is -0.292. The molecule has 3 N–H and O–H groups in total. The van der Waals surface area contributed by atoms with Crippen molar-refractivity contribution in [3.05, 3.63) is 32.4 Å². The molecule has 0 aliphatic carbocycles. The van der Waals surface area contributed by atoms with Gasteiger partial charge in [0.2, 0.25) is 10.3 Å². The molecule has 0 bridgehead atoms. The van der Waals surface area contributed by atoms with Crippen molar-refractivity contribution in [2.75, 3.05) is 11.1 Å². The minimum Gasteiger partial charge on any atom is -0.374 e. The van der Waals surface area contributed by atoms with Gasteiger partial charge in [0.25, 0.3) is 5.91 Å². The van der Waals surface area contributed by atoms with E-state index in [1.807, 2.05) is 0 Å².